The van der Waals surface area contributed by atoms with E-state index in [1.807, 2.05) is 6.08 Å². The molecule has 4 aliphatic rings. The zero-order chi connectivity index (χ0) is 29.4. The van der Waals surface area contributed by atoms with E-state index in [0.717, 1.165) is 37.7 Å². The summed E-state index contributed by atoms with van der Waals surface area (Å²) in [5, 5.41) is 0. The van der Waals surface area contributed by atoms with E-state index in [2.05, 4.69) is 26.8 Å². The molecule has 8 nitrogen and oxygen atoms in total. The molecule has 8 heteroatoms. The molecule has 0 unspecified atom stereocenters. The molecule has 0 N–H and O–H groups in total. The van der Waals surface area contributed by atoms with E-state index in [-0.39, 0.29) is 77.2 Å². The van der Waals surface area contributed by atoms with Crippen molar-refractivity contribution in [2.45, 2.75) is 105 Å². The fourth-order valence-corrected chi connectivity index (χ4v) is 8.97. The van der Waals surface area contributed by atoms with Crippen LogP contribution in [0.5, 0.6) is 0 Å². The minimum Gasteiger partial charge on any atom is -0.463 e. The molecule has 3 saturated carbocycles. The van der Waals surface area contributed by atoms with E-state index in [9.17, 15) is 19.2 Å². The summed E-state index contributed by atoms with van der Waals surface area (Å²) in [7, 11) is 0. The quantitative estimate of drug-likeness (QED) is 0.179. The predicted octanol–water partition coefficient (Wildman–Crippen LogP) is 5.34. The van der Waals surface area contributed by atoms with Gasteiger partial charge >= 0.3 is 23.9 Å². The average molecular weight is 559 g/mol. The fourth-order valence-electron chi connectivity index (χ4n) is 8.97. The Bertz CT molecular complexity index is 1080. The third kappa shape index (κ3) is 5.60. The molecule has 0 aromatic carbocycles. The first-order chi connectivity index (χ1) is 18.8. The summed E-state index contributed by atoms with van der Waals surface area (Å²) in [6.45, 7) is 13.1. The zero-order valence-electron chi connectivity index (χ0n) is 25.1. The number of allylic oxidation sites excluding steroid dienone is 2. The Labute approximate surface area is 238 Å². The van der Waals surface area contributed by atoms with Gasteiger partial charge in [0.25, 0.3) is 0 Å². The van der Waals surface area contributed by atoms with E-state index in [4.69, 9.17) is 18.9 Å². The van der Waals surface area contributed by atoms with Crippen LogP contribution in [-0.4, -0.2) is 48.8 Å². The van der Waals surface area contributed by atoms with Crippen molar-refractivity contribution in [3.63, 3.8) is 0 Å². The minimum absolute atomic E-state index is 0.0596. The van der Waals surface area contributed by atoms with Gasteiger partial charge in [-0.15, -0.1) is 0 Å². The van der Waals surface area contributed by atoms with E-state index < -0.39 is 5.41 Å². The largest absolute Gasteiger partial charge is 0.463 e. The lowest BCUT2D eigenvalue weighted by atomic mass is 9.43. The van der Waals surface area contributed by atoms with Crippen LogP contribution in [0.2, 0.25) is 0 Å². The number of ether oxygens (including phenoxy) is 4. The summed E-state index contributed by atoms with van der Waals surface area (Å²) in [6, 6.07) is 0. The Balaban J connectivity index is 1.71. The number of rotatable bonds is 7. The van der Waals surface area contributed by atoms with Gasteiger partial charge in [0.15, 0.2) is 0 Å². The molecule has 0 heterocycles. The first kappa shape index (κ1) is 30.3. The Hall–Kier alpha value is -2.64. The van der Waals surface area contributed by atoms with E-state index in [1.54, 1.807) is 6.92 Å². The molecule has 40 heavy (non-hydrogen) atoms. The van der Waals surface area contributed by atoms with Crippen LogP contribution < -0.4 is 0 Å². The highest BCUT2D eigenvalue weighted by molar-refractivity contribution is 5.82. The molecule has 0 radical (unpaired) electrons. The molecule has 0 amide bonds. The molecular weight excluding hydrogens is 512 g/mol. The fraction of sp³-hybridized carbons (Fsp3) is 0.750. The topological polar surface area (TPSA) is 105 Å². The van der Waals surface area contributed by atoms with Gasteiger partial charge in [-0.05, 0) is 74.5 Å². The summed E-state index contributed by atoms with van der Waals surface area (Å²) in [6.07, 6.45) is 9.50. The second kappa shape index (κ2) is 11.7. The molecule has 4 aliphatic carbocycles. The van der Waals surface area contributed by atoms with Gasteiger partial charge in [0, 0.05) is 38.2 Å². The Kier molecular flexibility index (Phi) is 8.86. The highest BCUT2D eigenvalue weighted by atomic mass is 16.6. The number of hydrogen-bond donors (Lipinski definition) is 0. The Morgan fingerprint density at radius 2 is 1.65 bits per heavy atom. The van der Waals surface area contributed by atoms with Crippen LogP contribution in [0.3, 0.4) is 0 Å². The van der Waals surface area contributed by atoms with Crippen molar-refractivity contribution in [2.75, 3.05) is 6.61 Å². The van der Waals surface area contributed by atoms with Gasteiger partial charge in [-0.3, -0.25) is 14.4 Å². The maximum absolute atomic E-state index is 12.4. The average Bonchev–Trinajstić information content (AvgIpc) is 3.21. The molecule has 10 atom stereocenters. The molecule has 0 aromatic rings. The minimum atomic E-state index is -0.470. The highest BCUT2D eigenvalue weighted by Crippen LogP contribution is 2.68. The van der Waals surface area contributed by atoms with Crippen molar-refractivity contribution in [1.29, 1.82) is 0 Å². The second-order valence-electron chi connectivity index (χ2n) is 12.8. The van der Waals surface area contributed by atoms with Gasteiger partial charge in [0.2, 0.25) is 0 Å². The third-order valence-electron chi connectivity index (χ3n) is 10.6. The number of hydrogen-bond acceptors (Lipinski definition) is 8. The summed E-state index contributed by atoms with van der Waals surface area (Å²) in [5.41, 5.74) is 0.618. The van der Waals surface area contributed by atoms with Gasteiger partial charge in [-0.2, -0.15) is 0 Å². The van der Waals surface area contributed by atoms with Crippen LogP contribution in [0.25, 0.3) is 0 Å². The van der Waals surface area contributed by atoms with Crippen LogP contribution >= 0.6 is 0 Å². The van der Waals surface area contributed by atoms with Crippen molar-refractivity contribution in [3.05, 3.63) is 23.8 Å². The first-order valence-corrected chi connectivity index (χ1v) is 14.9. The monoisotopic (exact) mass is 558 g/mol. The van der Waals surface area contributed by atoms with Gasteiger partial charge < -0.3 is 18.9 Å². The molecule has 0 bridgehead atoms. The first-order valence-electron chi connectivity index (χ1n) is 14.9. The SMILES string of the molecule is CCOC(=O)/C=C/[C@@H](C)C1=CC[C@H]2[C@@H]3[C@H](OC(C)=O)C[C@@H]4C[C@H](OC(C)=O)CC[C@]4(C)[C@H]3C[C@@H](OC(C)=O)[C@]12C. The van der Waals surface area contributed by atoms with Crippen LogP contribution in [0, 0.1) is 40.4 Å². The Morgan fingerprint density at radius 1 is 0.975 bits per heavy atom. The van der Waals surface area contributed by atoms with Crippen molar-refractivity contribution in [3.8, 4) is 0 Å². The van der Waals surface area contributed by atoms with Crippen molar-refractivity contribution < 1.29 is 38.1 Å². The summed E-state index contributed by atoms with van der Waals surface area (Å²) in [4.78, 5) is 48.6. The lowest BCUT2D eigenvalue weighted by molar-refractivity contribution is -0.214. The van der Waals surface area contributed by atoms with E-state index >= 15 is 0 Å². The van der Waals surface area contributed by atoms with Crippen molar-refractivity contribution >= 4 is 23.9 Å². The summed E-state index contributed by atoms with van der Waals surface area (Å²) >= 11 is 0. The molecule has 3 fully saturated rings. The number of fused-ring (bicyclic) bond motifs is 5. The lowest BCUT2D eigenvalue weighted by Gasteiger charge is -2.63. The predicted molar refractivity (Wildman–Crippen MR) is 148 cm³/mol. The molecular formula is C32H46O8. The zero-order valence-corrected chi connectivity index (χ0v) is 25.1. The third-order valence-corrected chi connectivity index (χ3v) is 10.6. The number of carbonyl (C=O) groups is 4. The van der Waals surface area contributed by atoms with Gasteiger partial charge in [0.1, 0.15) is 18.3 Å². The molecule has 0 aromatic heterocycles. The van der Waals surface area contributed by atoms with Gasteiger partial charge in [-0.1, -0.05) is 38.5 Å². The van der Waals surface area contributed by atoms with Crippen molar-refractivity contribution in [1.82, 2.24) is 0 Å². The van der Waals surface area contributed by atoms with Crippen LogP contribution in [0.4, 0.5) is 0 Å². The molecule has 0 spiro atoms. The Morgan fingerprint density at radius 3 is 2.27 bits per heavy atom. The maximum Gasteiger partial charge on any atom is 0.330 e. The highest BCUT2D eigenvalue weighted by Gasteiger charge is 2.66. The summed E-state index contributed by atoms with van der Waals surface area (Å²) < 4.78 is 22.9. The van der Waals surface area contributed by atoms with Gasteiger partial charge in [-0.25, -0.2) is 4.79 Å². The molecule has 4 rings (SSSR count). The van der Waals surface area contributed by atoms with Crippen LogP contribution in [-0.2, 0) is 38.1 Å². The van der Waals surface area contributed by atoms with E-state index in [0.29, 0.717) is 13.0 Å². The lowest BCUT2D eigenvalue weighted by Crippen LogP contribution is -2.63. The molecule has 0 aliphatic heterocycles. The van der Waals surface area contributed by atoms with Crippen LogP contribution in [0.15, 0.2) is 23.8 Å². The molecule has 222 valence electrons. The standard InChI is InChI=1S/C32H46O8/c1-8-37-29(36)12-9-18(2)24-10-11-25-30-26(17-28(32(24,25)7)40-21(5)35)31(6)14-13-23(38-19(3)33)15-22(31)16-27(30)39-20(4)34/h9-10,12,18,22-23,25-28,30H,8,11,13-17H2,1-7H3/b12-9+/t18-,22+,23-,25+,26+,27-,28-,30+,31+,32-/m1/s1. The number of esters is 4. The van der Waals surface area contributed by atoms with Crippen LogP contribution in [0.1, 0.15) is 87.0 Å². The summed E-state index contributed by atoms with van der Waals surface area (Å²) in [5.74, 6) is -0.698. The maximum atomic E-state index is 12.4. The number of carbonyl (C=O) groups excluding carboxylic acids is 4. The molecule has 0 saturated heterocycles. The van der Waals surface area contributed by atoms with Crippen molar-refractivity contribution in [2.24, 2.45) is 40.4 Å². The van der Waals surface area contributed by atoms with Gasteiger partial charge in [0.05, 0.1) is 6.61 Å². The smallest absolute Gasteiger partial charge is 0.330 e. The normalized spacial score (nSPS) is 39.2. The van der Waals surface area contributed by atoms with E-state index in [1.165, 1.54) is 26.8 Å². The second-order valence-corrected chi connectivity index (χ2v) is 12.8.